The summed E-state index contributed by atoms with van der Waals surface area (Å²) in [6.07, 6.45) is 3.35. The van der Waals surface area contributed by atoms with Gasteiger partial charge in [-0.25, -0.2) is 0 Å². The van der Waals surface area contributed by atoms with Crippen molar-refractivity contribution in [3.63, 3.8) is 0 Å². The Balaban J connectivity index is 0.00000242. The largest absolute Gasteiger partial charge is 0.491 e. The van der Waals surface area contributed by atoms with Gasteiger partial charge in [-0.05, 0) is 36.8 Å². The van der Waals surface area contributed by atoms with Crippen LogP contribution < -0.4 is 10.1 Å². The van der Waals surface area contributed by atoms with Crippen molar-refractivity contribution in [2.24, 2.45) is 0 Å². The maximum absolute atomic E-state index is 12.1. The highest BCUT2D eigenvalue weighted by molar-refractivity contribution is 6.37. The van der Waals surface area contributed by atoms with Crippen molar-refractivity contribution in [3.05, 3.63) is 57.8 Å². The van der Waals surface area contributed by atoms with E-state index in [1.165, 1.54) is 0 Å². The van der Waals surface area contributed by atoms with Gasteiger partial charge in [-0.2, -0.15) is 0 Å². The molecule has 0 fully saturated rings. The zero-order chi connectivity index (χ0) is 15.2. The minimum Gasteiger partial charge on any atom is -0.491 e. The Morgan fingerprint density at radius 1 is 1.23 bits per heavy atom. The second kappa shape index (κ2) is 8.83. The van der Waals surface area contributed by atoms with E-state index in [9.17, 15) is 4.79 Å². The summed E-state index contributed by atoms with van der Waals surface area (Å²) < 4.78 is 5.33. The van der Waals surface area contributed by atoms with Gasteiger partial charge in [0.05, 0.1) is 16.7 Å². The fraction of sp³-hybridized carbons (Fsp3) is 0.200. The summed E-state index contributed by atoms with van der Waals surface area (Å²) in [6.45, 7) is 2.69. The third-order valence-electron chi connectivity index (χ3n) is 2.75. The number of rotatable bonds is 5. The molecule has 4 nitrogen and oxygen atoms in total. The summed E-state index contributed by atoms with van der Waals surface area (Å²) in [5, 5.41) is 3.43. The van der Waals surface area contributed by atoms with E-state index >= 15 is 0 Å². The summed E-state index contributed by atoms with van der Waals surface area (Å²) >= 11 is 12.2. The van der Waals surface area contributed by atoms with Crippen LogP contribution in [0.2, 0.25) is 10.0 Å². The number of aromatic nitrogens is 1. The Hall–Kier alpha value is -1.49. The predicted molar refractivity (Wildman–Crippen MR) is 90.3 cm³/mol. The maximum Gasteiger partial charge on any atom is 0.251 e. The molecule has 0 atom stereocenters. The minimum absolute atomic E-state index is 0. The van der Waals surface area contributed by atoms with Crippen LogP contribution in [0.25, 0.3) is 0 Å². The highest BCUT2D eigenvalue weighted by atomic mass is 35.5. The number of ether oxygens (including phenoxy) is 1. The van der Waals surface area contributed by atoms with Crippen molar-refractivity contribution in [1.82, 2.24) is 10.3 Å². The maximum atomic E-state index is 12.1. The van der Waals surface area contributed by atoms with Crippen LogP contribution in [0.3, 0.4) is 0 Å². The molecule has 0 radical (unpaired) electrons. The van der Waals surface area contributed by atoms with E-state index in [2.05, 4.69) is 10.3 Å². The molecule has 0 aliphatic rings. The average Bonchev–Trinajstić information content (AvgIpc) is 2.49. The second-order valence-electron chi connectivity index (χ2n) is 4.24. The molecule has 1 amide bonds. The molecule has 0 aliphatic carbocycles. The minimum atomic E-state index is -0.251. The molecule has 0 bridgehead atoms. The number of amides is 1. The smallest absolute Gasteiger partial charge is 0.251 e. The monoisotopic (exact) mass is 360 g/mol. The molecule has 0 unspecified atom stereocenters. The number of benzene rings is 1. The van der Waals surface area contributed by atoms with Gasteiger partial charge in [0.2, 0.25) is 0 Å². The molecule has 2 aromatic rings. The summed E-state index contributed by atoms with van der Waals surface area (Å²) in [7, 11) is 0. The standard InChI is InChI=1S/C15H14Cl2N2O2.ClH/c1-2-21-14-12(16)7-11(8-13(14)17)15(20)19-9-10-3-5-18-6-4-10;/h3-8H,2,9H2,1H3,(H,19,20);1H. The van der Waals surface area contributed by atoms with Gasteiger partial charge in [0.1, 0.15) is 0 Å². The zero-order valence-electron chi connectivity index (χ0n) is 11.8. The van der Waals surface area contributed by atoms with Crippen molar-refractivity contribution in [2.75, 3.05) is 6.61 Å². The van der Waals surface area contributed by atoms with Gasteiger partial charge in [0.15, 0.2) is 5.75 Å². The first-order valence-electron chi connectivity index (χ1n) is 6.40. The quantitative estimate of drug-likeness (QED) is 0.871. The van der Waals surface area contributed by atoms with Gasteiger partial charge in [0.25, 0.3) is 5.91 Å². The zero-order valence-corrected chi connectivity index (χ0v) is 14.1. The molecule has 7 heteroatoms. The molecule has 1 aromatic carbocycles. The number of pyridine rings is 1. The van der Waals surface area contributed by atoms with Crippen molar-refractivity contribution in [1.29, 1.82) is 0 Å². The Kier molecular flexibility index (Phi) is 7.45. The fourth-order valence-corrected chi connectivity index (χ4v) is 2.35. The van der Waals surface area contributed by atoms with Crippen molar-refractivity contribution in [2.45, 2.75) is 13.5 Å². The number of halogens is 3. The van der Waals surface area contributed by atoms with Crippen LogP contribution in [0.5, 0.6) is 5.75 Å². The topological polar surface area (TPSA) is 51.2 Å². The Bertz CT molecular complexity index is 613. The first-order chi connectivity index (χ1) is 10.1. The molecule has 1 heterocycles. The number of nitrogens with one attached hydrogen (secondary N) is 1. The summed E-state index contributed by atoms with van der Waals surface area (Å²) in [5.74, 6) is 0.144. The normalized spacial score (nSPS) is 9.77. The molecule has 2 rings (SSSR count). The highest BCUT2D eigenvalue weighted by Gasteiger charge is 2.13. The number of hydrogen-bond donors (Lipinski definition) is 1. The SMILES string of the molecule is CCOc1c(Cl)cc(C(=O)NCc2ccncc2)cc1Cl.Cl. The summed E-state index contributed by atoms with van der Waals surface area (Å²) in [4.78, 5) is 16.0. The number of nitrogens with zero attached hydrogens (tertiary/aromatic N) is 1. The third-order valence-corrected chi connectivity index (χ3v) is 3.31. The van der Waals surface area contributed by atoms with Crippen LogP contribution in [0.4, 0.5) is 0 Å². The van der Waals surface area contributed by atoms with Crippen molar-refractivity contribution < 1.29 is 9.53 Å². The van der Waals surface area contributed by atoms with Gasteiger partial charge in [-0.1, -0.05) is 23.2 Å². The molecule has 1 N–H and O–H groups in total. The molecule has 22 heavy (non-hydrogen) atoms. The van der Waals surface area contributed by atoms with Gasteiger partial charge in [0, 0.05) is 24.5 Å². The fourth-order valence-electron chi connectivity index (χ4n) is 1.76. The molecule has 0 aliphatic heterocycles. The average molecular weight is 362 g/mol. The van der Waals surface area contributed by atoms with Crippen LogP contribution >= 0.6 is 35.6 Å². The van der Waals surface area contributed by atoms with Crippen LogP contribution in [-0.2, 0) is 6.54 Å². The van der Waals surface area contributed by atoms with Gasteiger partial charge < -0.3 is 10.1 Å². The lowest BCUT2D eigenvalue weighted by atomic mass is 10.2. The highest BCUT2D eigenvalue weighted by Crippen LogP contribution is 2.34. The van der Waals surface area contributed by atoms with Crippen LogP contribution in [0, 0.1) is 0 Å². The van der Waals surface area contributed by atoms with Crippen LogP contribution in [0.15, 0.2) is 36.7 Å². The van der Waals surface area contributed by atoms with Crippen molar-refractivity contribution in [3.8, 4) is 5.75 Å². The molecular formula is C15H15Cl3N2O2. The van der Waals surface area contributed by atoms with E-state index in [1.54, 1.807) is 24.5 Å². The third kappa shape index (κ3) is 4.77. The number of carbonyl (C=O) groups is 1. The molecule has 0 saturated carbocycles. The first-order valence-corrected chi connectivity index (χ1v) is 7.16. The lowest BCUT2D eigenvalue weighted by molar-refractivity contribution is 0.0951. The lowest BCUT2D eigenvalue weighted by Crippen LogP contribution is -2.22. The lowest BCUT2D eigenvalue weighted by Gasteiger charge is -2.10. The molecule has 1 aromatic heterocycles. The second-order valence-corrected chi connectivity index (χ2v) is 5.05. The van der Waals surface area contributed by atoms with E-state index in [-0.39, 0.29) is 18.3 Å². The van der Waals surface area contributed by atoms with Gasteiger partial charge in [-0.15, -0.1) is 12.4 Å². The summed E-state index contributed by atoms with van der Waals surface area (Å²) in [6, 6.07) is 6.75. The van der Waals surface area contributed by atoms with E-state index < -0.39 is 0 Å². The van der Waals surface area contributed by atoms with Gasteiger partial charge >= 0.3 is 0 Å². The van der Waals surface area contributed by atoms with E-state index in [1.807, 2.05) is 19.1 Å². The Morgan fingerprint density at radius 2 is 1.82 bits per heavy atom. The summed E-state index contributed by atoms with van der Waals surface area (Å²) in [5.41, 5.74) is 1.35. The Morgan fingerprint density at radius 3 is 2.36 bits per heavy atom. The van der Waals surface area contributed by atoms with E-state index in [0.29, 0.717) is 34.5 Å². The number of hydrogen-bond acceptors (Lipinski definition) is 3. The van der Waals surface area contributed by atoms with E-state index in [0.717, 1.165) is 5.56 Å². The van der Waals surface area contributed by atoms with E-state index in [4.69, 9.17) is 27.9 Å². The molecular weight excluding hydrogens is 347 g/mol. The number of carbonyl (C=O) groups excluding carboxylic acids is 1. The van der Waals surface area contributed by atoms with Gasteiger partial charge in [-0.3, -0.25) is 9.78 Å². The molecule has 0 spiro atoms. The molecule has 0 saturated heterocycles. The van der Waals surface area contributed by atoms with Crippen LogP contribution in [-0.4, -0.2) is 17.5 Å². The Labute approximate surface area is 145 Å². The molecule has 118 valence electrons. The predicted octanol–water partition coefficient (Wildman–Crippen LogP) is 4.14. The first kappa shape index (κ1) is 18.6. The van der Waals surface area contributed by atoms with Crippen molar-refractivity contribution >= 4 is 41.5 Å². The van der Waals surface area contributed by atoms with Crippen LogP contribution in [0.1, 0.15) is 22.8 Å².